The molecule has 10 nitrogen and oxygen atoms in total. The lowest BCUT2D eigenvalue weighted by Crippen LogP contribution is -2.50. The van der Waals surface area contributed by atoms with Crippen molar-refractivity contribution >= 4 is 24.1 Å². The molecule has 28 heavy (non-hydrogen) atoms. The van der Waals surface area contributed by atoms with Crippen molar-refractivity contribution in [3.05, 3.63) is 71.8 Å². The first-order valence-electron chi connectivity index (χ1n) is 8.20. The van der Waals surface area contributed by atoms with Crippen molar-refractivity contribution in [1.29, 1.82) is 0 Å². The van der Waals surface area contributed by atoms with Gasteiger partial charge in [0.05, 0.1) is 12.1 Å². The Labute approximate surface area is 160 Å². The first kappa shape index (κ1) is 20.2. The lowest BCUT2D eigenvalue weighted by Gasteiger charge is -2.29. The van der Waals surface area contributed by atoms with Gasteiger partial charge in [-0.05, 0) is 11.1 Å². The second-order valence-corrected chi connectivity index (χ2v) is 5.70. The third-order valence-corrected chi connectivity index (χ3v) is 3.70. The Bertz CT molecular complexity index is 772. The highest BCUT2D eigenvalue weighted by Gasteiger charge is 2.28. The van der Waals surface area contributed by atoms with Gasteiger partial charge in [-0.1, -0.05) is 60.7 Å². The van der Waals surface area contributed by atoms with Crippen LogP contribution in [0.2, 0.25) is 0 Å². The first-order valence-corrected chi connectivity index (χ1v) is 8.20. The zero-order valence-corrected chi connectivity index (χ0v) is 14.7. The number of primary amides is 2. The average Bonchev–Trinajstić information content (AvgIpc) is 2.65. The largest absolute Gasteiger partial charge is 0.351 e. The van der Waals surface area contributed by atoms with Gasteiger partial charge in [0.1, 0.15) is 0 Å². The third-order valence-electron chi connectivity index (χ3n) is 3.70. The molecule has 8 amide bonds. The fourth-order valence-electron chi connectivity index (χ4n) is 2.62. The monoisotopic (exact) mass is 384 g/mol. The van der Waals surface area contributed by atoms with Crippen LogP contribution in [0.3, 0.4) is 0 Å². The van der Waals surface area contributed by atoms with Gasteiger partial charge in [-0.2, -0.15) is 0 Å². The minimum absolute atomic E-state index is 0.635. The third kappa shape index (κ3) is 6.02. The molecule has 2 atom stereocenters. The van der Waals surface area contributed by atoms with Crippen molar-refractivity contribution in [3.63, 3.8) is 0 Å². The molecule has 0 aromatic heterocycles. The van der Waals surface area contributed by atoms with Crippen LogP contribution in [-0.4, -0.2) is 24.1 Å². The standard InChI is InChI=1S/C18H20N6O4/c19-15(25)23-17(27)21-13(11-7-3-1-4-8-11)14(12-9-5-2-6-10-12)22-18(28)24-16(20)26/h1-10,13-14H,(H4,19,21,23,25,27)(H4,20,22,24,26,28)/t13-,14-/m0/s1. The molecule has 0 unspecified atom stereocenters. The Morgan fingerprint density at radius 2 is 0.929 bits per heavy atom. The highest BCUT2D eigenvalue weighted by molar-refractivity contribution is 5.93. The number of imide groups is 2. The van der Waals surface area contributed by atoms with Gasteiger partial charge in [-0.3, -0.25) is 10.6 Å². The molecule has 0 saturated carbocycles. The van der Waals surface area contributed by atoms with Crippen molar-refractivity contribution < 1.29 is 19.2 Å². The maximum atomic E-state index is 12.1. The fraction of sp³-hybridized carbons (Fsp3) is 0.111. The van der Waals surface area contributed by atoms with E-state index in [-0.39, 0.29) is 0 Å². The van der Waals surface area contributed by atoms with E-state index in [1.807, 2.05) is 10.6 Å². The maximum absolute atomic E-state index is 12.1. The summed E-state index contributed by atoms with van der Waals surface area (Å²) >= 11 is 0. The van der Waals surface area contributed by atoms with Gasteiger partial charge in [0.15, 0.2) is 0 Å². The number of benzene rings is 2. The lowest BCUT2D eigenvalue weighted by atomic mass is 9.93. The number of amides is 8. The molecule has 10 heteroatoms. The summed E-state index contributed by atoms with van der Waals surface area (Å²) in [4.78, 5) is 46.2. The molecule has 146 valence electrons. The van der Waals surface area contributed by atoms with Gasteiger partial charge in [-0.15, -0.1) is 0 Å². The number of rotatable bonds is 5. The van der Waals surface area contributed by atoms with Gasteiger partial charge in [0, 0.05) is 0 Å². The fourth-order valence-corrected chi connectivity index (χ4v) is 2.62. The Morgan fingerprint density at radius 3 is 1.21 bits per heavy atom. The van der Waals surface area contributed by atoms with Gasteiger partial charge < -0.3 is 22.1 Å². The molecular formula is C18H20N6O4. The maximum Gasteiger partial charge on any atom is 0.323 e. The van der Waals surface area contributed by atoms with Crippen LogP contribution in [0.25, 0.3) is 0 Å². The smallest absolute Gasteiger partial charge is 0.323 e. The number of carbonyl (C=O) groups excluding carboxylic acids is 4. The van der Waals surface area contributed by atoms with Crippen LogP contribution >= 0.6 is 0 Å². The van der Waals surface area contributed by atoms with Crippen LogP contribution in [0, 0.1) is 0 Å². The Morgan fingerprint density at radius 1 is 0.607 bits per heavy atom. The lowest BCUT2D eigenvalue weighted by molar-refractivity contribution is 0.218. The molecule has 2 aromatic carbocycles. The summed E-state index contributed by atoms with van der Waals surface area (Å²) in [5, 5.41) is 9.07. The van der Waals surface area contributed by atoms with Crippen molar-refractivity contribution in [1.82, 2.24) is 21.3 Å². The summed E-state index contributed by atoms with van der Waals surface area (Å²) in [6, 6.07) is 12.2. The average molecular weight is 384 g/mol. The van der Waals surface area contributed by atoms with E-state index in [4.69, 9.17) is 11.5 Å². The van der Waals surface area contributed by atoms with Crippen molar-refractivity contribution in [2.75, 3.05) is 0 Å². The highest BCUT2D eigenvalue weighted by Crippen LogP contribution is 2.29. The van der Waals surface area contributed by atoms with E-state index in [9.17, 15) is 19.2 Å². The second-order valence-electron chi connectivity index (χ2n) is 5.70. The topological polar surface area (TPSA) is 168 Å². The zero-order chi connectivity index (χ0) is 20.5. The SMILES string of the molecule is NC(=O)NC(=O)N[C@@H](c1ccccc1)[C@@H](NC(=O)NC(N)=O)c1ccccc1. The van der Waals surface area contributed by atoms with Crippen molar-refractivity contribution in [3.8, 4) is 0 Å². The van der Waals surface area contributed by atoms with E-state index >= 15 is 0 Å². The van der Waals surface area contributed by atoms with Crippen LogP contribution in [0.5, 0.6) is 0 Å². The number of nitrogens with two attached hydrogens (primary N) is 2. The van der Waals surface area contributed by atoms with Crippen LogP contribution in [-0.2, 0) is 0 Å². The van der Waals surface area contributed by atoms with E-state index in [1.54, 1.807) is 60.7 Å². The molecule has 0 radical (unpaired) electrons. The summed E-state index contributed by atoms with van der Waals surface area (Å²) in [7, 11) is 0. The molecule has 0 fully saturated rings. The van der Waals surface area contributed by atoms with Gasteiger partial charge >= 0.3 is 24.1 Å². The van der Waals surface area contributed by atoms with Gasteiger partial charge in [-0.25, -0.2) is 19.2 Å². The Hall–Kier alpha value is -4.08. The van der Waals surface area contributed by atoms with Crippen LogP contribution in [0.15, 0.2) is 60.7 Å². The number of nitrogens with one attached hydrogen (secondary N) is 4. The number of carbonyl (C=O) groups is 4. The van der Waals surface area contributed by atoms with E-state index in [0.29, 0.717) is 11.1 Å². The molecule has 0 spiro atoms. The summed E-state index contributed by atoms with van der Waals surface area (Å²) < 4.78 is 0. The van der Waals surface area contributed by atoms with Crippen LogP contribution in [0.4, 0.5) is 19.2 Å². The normalized spacial score (nSPS) is 12.1. The second kappa shape index (κ2) is 9.57. The van der Waals surface area contributed by atoms with E-state index in [0.717, 1.165) is 0 Å². The van der Waals surface area contributed by atoms with Crippen molar-refractivity contribution in [2.24, 2.45) is 11.5 Å². The van der Waals surface area contributed by atoms with Gasteiger partial charge in [0.2, 0.25) is 0 Å². The summed E-state index contributed by atoms with van der Waals surface area (Å²) in [5.41, 5.74) is 11.2. The first-order chi connectivity index (χ1) is 13.4. The van der Waals surface area contributed by atoms with Crippen LogP contribution in [0.1, 0.15) is 23.2 Å². The summed E-state index contributed by atoms with van der Waals surface area (Å²) in [6.45, 7) is 0. The molecular weight excluding hydrogens is 364 g/mol. The molecule has 2 aromatic rings. The summed E-state index contributed by atoms with van der Waals surface area (Å²) in [6.07, 6.45) is 0. The van der Waals surface area contributed by atoms with E-state index in [2.05, 4.69) is 10.6 Å². The van der Waals surface area contributed by atoms with E-state index in [1.165, 1.54) is 0 Å². The Kier molecular flexibility index (Phi) is 6.92. The molecule has 0 aliphatic heterocycles. The zero-order valence-electron chi connectivity index (χ0n) is 14.7. The molecule has 8 N–H and O–H groups in total. The quantitative estimate of drug-likeness (QED) is 0.456. The number of hydrogen-bond acceptors (Lipinski definition) is 4. The Balaban J connectivity index is 2.41. The highest BCUT2D eigenvalue weighted by atomic mass is 16.2. The molecule has 0 bridgehead atoms. The van der Waals surface area contributed by atoms with Gasteiger partial charge in [0.25, 0.3) is 0 Å². The predicted octanol–water partition coefficient (Wildman–Crippen LogP) is 1.22. The van der Waals surface area contributed by atoms with E-state index < -0.39 is 36.2 Å². The van der Waals surface area contributed by atoms with Crippen molar-refractivity contribution in [2.45, 2.75) is 12.1 Å². The minimum atomic E-state index is -1.03. The molecule has 0 aliphatic carbocycles. The van der Waals surface area contributed by atoms with Crippen LogP contribution < -0.4 is 32.7 Å². The molecule has 0 heterocycles. The molecule has 0 aliphatic rings. The summed E-state index contributed by atoms with van der Waals surface area (Å²) in [5.74, 6) is 0. The molecule has 2 rings (SSSR count). The molecule has 0 saturated heterocycles. The predicted molar refractivity (Wildman–Crippen MR) is 101 cm³/mol. The number of urea groups is 4. The number of hydrogen-bond donors (Lipinski definition) is 6. The minimum Gasteiger partial charge on any atom is -0.351 e.